The van der Waals surface area contributed by atoms with Crippen LogP contribution in [-0.2, 0) is 6.54 Å². The molecule has 4 heterocycles. The molecule has 0 spiro atoms. The van der Waals surface area contributed by atoms with Gasteiger partial charge in [-0.15, -0.1) is 5.10 Å². The van der Waals surface area contributed by atoms with Gasteiger partial charge < -0.3 is 19.5 Å². The predicted molar refractivity (Wildman–Crippen MR) is 119 cm³/mol. The molecule has 1 aliphatic heterocycles. The standard InChI is InChI=1S/C22H22F5N7O/c1-32-4-3-15(13(24)7-32)29-22-30-21(35-2)20-18(14(25)8-34(20)31-22)11-5-12(23)19-16(6-11)33(10-28-19)9-17(26)27/h5-6,8,10,13,15,17H,3-4,7,9H2,1-2H3,(H,29,31)/t13-,15+/m1/s1. The molecule has 4 aromatic rings. The number of alkyl halides is 3. The third kappa shape index (κ3) is 4.24. The van der Waals surface area contributed by atoms with Gasteiger partial charge in [0, 0.05) is 13.1 Å². The summed E-state index contributed by atoms with van der Waals surface area (Å²) in [5, 5.41) is 7.21. The van der Waals surface area contributed by atoms with Crippen LogP contribution in [0.3, 0.4) is 0 Å². The van der Waals surface area contributed by atoms with Crippen molar-refractivity contribution in [2.75, 3.05) is 32.6 Å². The first-order valence-electron chi connectivity index (χ1n) is 10.9. The highest BCUT2D eigenvalue weighted by atomic mass is 19.3. The topological polar surface area (TPSA) is 72.5 Å². The predicted octanol–water partition coefficient (Wildman–Crippen LogP) is 3.75. The number of anilines is 1. The van der Waals surface area contributed by atoms with E-state index in [4.69, 9.17) is 4.74 Å². The largest absolute Gasteiger partial charge is 0.479 e. The molecule has 1 aliphatic rings. The fraction of sp³-hybridized carbons (Fsp3) is 0.409. The number of likely N-dealkylation sites (tertiary alicyclic amines) is 1. The number of imidazole rings is 1. The normalized spacial score (nSPS) is 19.2. The van der Waals surface area contributed by atoms with Crippen molar-refractivity contribution in [1.82, 2.24) is 29.0 Å². The molecule has 3 aromatic heterocycles. The molecule has 0 saturated carbocycles. The van der Waals surface area contributed by atoms with Gasteiger partial charge in [-0.05, 0) is 31.2 Å². The lowest BCUT2D eigenvalue weighted by molar-refractivity contribution is 0.128. The Labute approximate surface area is 196 Å². The van der Waals surface area contributed by atoms with Crippen LogP contribution in [0.25, 0.3) is 27.7 Å². The van der Waals surface area contributed by atoms with E-state index in [9.17, 15) is 17.6 Å². The van der Waals surface area contributed by atoms with Crippen molar-refractivity contribution in [1.29, 1.82) is 0 Å². The molecule has 35 heavy (non-hydrogen) atoms. The molecular formula is C22H22F5N7O. The SMILES string of the molecule is COc1nc(N[C@H]2CCN(C)C[C@H]2F)nn2cc(F)c(-c3cc(F)c4ncn(CC(F)F)c4c3)c12. The van der Waals surface area contributed by atoms with Gasteiger partial charge in [-0.1, -0.05) is 0 Å². The van der Waals surface area contributed by atoms with Crippen molar-refractivity contribution >= 4 is 22.5 Å². The molecule has 5 rings (SSSR count). The van der Waals surface area contributed by atoms with E-state index in [1.165, 1.54) is 17.7 Å². The number of fused-ring (bicyclic) bond motifs is 2. The molecule has 8 nitrogen and oxygen atoms in total. The zero-order valence-corrected chi connectivity index (χ0v) is 18.9. The number of methoxy groups -OCH3 is 1. The summed E-state index contributed by atoms with van der Waals surface area (Å²) in [5.41, 5.74) is 0.101. The maximum Gasteiger partial charge on any atom is 0.256 e. The van der Waals surface area contributed by atoms with Gasteiger partial charge in [0.2, 0.25) is 11.8 Å². The molecule has 186 valence electrons. The average molecular weight is 495 g/mol. The van der Waals surface area contributed by atoms with Gasteiger partial charge in [0.15, 0.2) is 11.6 Å². The number of rotatable bonds is 6. The minimum Gasteiger partial charge on any atom is -0.479 e. The fourth-order valence-electron chi connectivity index (χ4n) is 4.44. The second-order valence-corrected chi connectivity index (χ2v) is 8.52. The number of ether oxygens (including phenoxy) is 1. The number of hydrogen-bond donors (Lipinski definition) is 1. The van der Waals surface area contributed by atoms with Crippen molar-refractivity contribution in [3.05, 3.63) is 36.3 Å². The van der Waals surface area contributed by atoms with Gasteiger partial charge in [0.1, 0.15) is 17.2 Å². The minimum absolute atomic E-state index is 0.0219. The summed E-state index contributed by atoms with van der Waals surface area (Å²) in [5.74, 6) is -1.52. The van der Waals surface area contributed by atoms with E-state index in [0.717, 1.165) is 23.2 Å². The maximum atomic E-state index is 15.2. The van der Waals surface area contributed by atoms with Gasteiger partial charge in [-0.2, -0.15) is 4.98 Å². The highest BCUT2D eigenvalue weighted by Crippen LogP contribution is 2.36. The van der Waals surface area contributed by atoms with E-state index in [0.29, 0.717) is 13.0 Å². The third-order valence-corrected chi connectivity index (χ3v) is 6.11. The van der Waals surface area contributed by atoms with E-state index in [1.807, 2.05) is 11.9 Å². The Morgan fingerprint density at radius 2 is 2.03 bits per heavy atom. The second-order valence-electron chi connectivity index (χ2n) is 8.52. The molecule has 1 fully saturated rings. The molecule has 1 aromatic carbocycles. The van der Waals surface area contributed by atoms with Crippen LogP contribution in [0.1, 0.15) is 6.42 Å². The number of piperidine rings is 1. The molecule has 0 radical (unpaired) electrons. The average Bonchev–Trinajstić information content (AvgIpc) is 3.35. The van der Waals surface area contributed by atoms with E-state index in [2.05, 4.69) is 20.4 Å². The third-order valence-electron chi connectivity index (χ3n) is 6.11. The van der Waals surface area contributed by atoms with Crippen molar-refractivity contribution in [3.63, 3.8) is 0 Å². The smallest absolute Gasteiger partial charge is 0.256 e. The molecule has 0 aliphatic carbocycles. The van der Waals surface area contributed by atoms with Gasteiger partial charge in [0.25, 0.3) is 6.43 Å². The summed E-state index contributed by atoms with van der Waals surface area (Å²) in [6, 6.07) is 1.92. The van der Waals surface area contributed by atoms with Crippen LogP contribution < -0.4 is 10.1 Å². The molecule has 13 heteroatoms. The summed E-state index contributed by atoms with van der Waals surface area (Å²) >= 11 is 0. The number of benzene rings is 1. The highest BCUT2D eigenvalue weighted by Gasteiger charge is 2.29. The first-order chi connectivity index (χ1) is 16.7. The Kier molecular flexibility index (Phi) is 5.95. The van der Waals surface area contributed by atoms with Crippen LogP contribution in [0.4, 0.5) is 27.9 Å². The van der Waals surface area contributed by atoms with Crippen LogP contribution in [0, 0.1) is 11.6 Å². The van der Waals surface area contributed by atoms with Crippen molar-refractivity contribution in [3.8, 4) is 17.0 Å². The number of nitrogens with zero attached hydrogens (tertiary/aromatic N) is 6. The zero-order chi connectivity index (χ0) is 24.9. The monoisotopic (exact) mass is 495 g/mol. The Hall–Kier alpha value is -3.48. The molecule has 1 N–H and O–H groups in total. The van der Waals surface area contributed by atoms with E-state index < -0.39 is 36.8 Å². The molecule has 0 amide bonds. The number of nitrogens with one attached hydrogen (secondary N) is 1. The first kappa shape index (κ1) is 23.3. The minimum atomic E-state index is -2.68. The molecule has 2 atom stereocenters. The molecular weight excluding hydrogens is 473 g/mol. The number of hydrogen-bond acceptors (Lipinski definition) is 6. The Morgan fingerprint density at radius 1 is 1.23 bits per heavy atom. The van der Waals surface area contributed by atoms with E-state index >= 15 is 4.39 Å². The first-order valence-corrected chi connectivity index (χ1v) is 10.9. The van der Waals surface area contributed by atoms with Crippen LogP contribution in [-0.4, -0.2) is 74.9 Å². The quantitative estimate of drug-likeness (QED) is 0.411. The van der Waals surface area contributed by atoms with E-state index in [1.54, 1.807) is 0 Å². The van der Waals surface area contributed by atoms with Gasteiger partial charge in [-0.3, -0.25) is 0 Å². The summed E-state index contributed by atoms with van der Waals surface area (Å²) in [7, 11) is 3.16. The lowest BCUT2D eigenvalue weighted by atomic mass is 10.0. The lowest BCUT2D eigenvalue weighted by Crippen LogP contribution is -2.46. The number of aromatic nitrogens is 5. The van der Waals surface area contributed by atoms with Crippen molar-refractivity contribution in [2.45, 2.75) is 31.6 Å². The van der Waals surface area contributed by atoms with Crippen LogP contribution in [0.5, 0.6) is 5.88 Å². The molecule has 0 unspecified atom stereocenters. The van der Waals surface area contributed by atoms with Gasteiger partial charge in [-0.25, -0.2) is 31.5 Å². The van der Waals surface area contributed by atoms with Crippen molar-refractivity contribution < 1.29 is 26.7 Å². The Balaban J connectivity index is 1.59. The summed E-state index contributed by atoms with van der Waals surface area (Å²) in [6.45, 7) is 0.262. The maximum absolute atomic E-state index is 15.2. The van der Waals surface area contributed by atoms with Crippen LogP contribution >= 0.6 is 0 Å². The zero-order valence-electron chi connectivity index (χ0n) is 18.9. The van der Waals surface area contributed by atoms with Gasteiger partial charge in [0.05, 0.1) is 43.3 Å². The number of halogens is 5. The van der Waals surface area contributed by atoms with Crippen LogP contribution in [0.2, 0.25) is 0 Å². The summed E-state index contributed by atoms with van der Waals surface area (Å²) in [4.78, 5) is 10.0. The van der Waals surface area contributed by atoms with Gasteiger partial charge >= 0.3 is 0 Å². The molecule has 0 bridgehead atoms. The fourth-order valence-corrected chi connectivity index (χ4v) is 4.44. The lowest BCUT2D eigenvalue weighted by Gasteiger charge is -2.32. The van der Waals surface area contributed by atoms with E-state index in [-0.39, 0.29) is 46.1 Å². The Bertz CT molecular complexity index is 1390. The Morgan fingerprint density at radius 3 is 2.74 bits per heavy atom. The second kappa shape index (κ2) is 8.95. The van der Waals surface area contributed by atoms with Crippen LogP contribution in [0.15, 0.2) is 24.7 Å². The molecule has 1 saturated heterocycles. The summed E-state index contributed by atoms with van der Waals surface area (Å²) in [6.07, 6.45) is -1.12. The summed E-state index contributed by atoms with van der Waals surface area (Å²) < 4.78 is 78.0. The van der Waals surface area contributed by atoms with Crippen molar-refractivity contribution in [2.24, 2.45) is 0 Å². The highest BCUT2D eigenvalue weighted by molar-refractivity contribution is 5.90.